The number of halogens is 3. The molecule has 98 valence electrons. The largest absolute Gasteiger partial charge is 0.377 e. The summed E-state index contributed by atoms with van der Waals surface area (Å²) in [6.45, 7) is 1.46. The van der Waals surface area contributed by atoms with Crippen molar-refractivity contribution in [3.63, 3.8) is 0 Å². The molecule has 1 aliphatic rings. The molecule has 0 aromatic heterocycles. The molecule has 0 N–H and O–H groups in total. The van der Waals surface area contributed by atoms with Crippen molar-refractivity contribution >= 4 is 37.8 Å². The lowest BCUT2D eigenvalue weighted by Crippen LogP contribution is -2.49. The molecule has 6 heteroatoms. The van der Waals surface area contributed by atoms with E-state index in [1.54, 1.807) is 17.0 Å². The molecule has 18 heavy (non-hydrogen) atoms. The highest BCUT2D eigenvalue weighted by Crippen LogP contribution is 2.21. The van der Waals surface area contributed by atoms with Crippen LogP contribution in [-0.2, 0) is 4.74 Å². The van der Waals surface area contributed by atoms with E-state index in [1.165, 1.54) is 6.07 Å². The molecule has 1 amide bonds. The topological polar surface area (TPSA) is 29.5 Å². The van der Waals surface area contributed by atoms with Gasteiger partial charge in [-0.15, -0.1) is 0 Å². The zero-order valence-electron chi connectivity index (χ0n) is 9.54. The van der Waals surface area contributed by atoms with Crippen LogP contribution in [0.25, 0.3) is 0 Å². The predicted molar refractivity (Wildman–Crippen MR) is 73.5 cm³/mol. The van der Waals surface area contributed by atoms with Crippen LogP contribution in [0.3, 0.4) is 0 Å². The third kappa shape index (κ3) is 2.75. The van der Waals surface area contributed by atoms with Gasteiger partial charge in [0.1, 0.15) is 5.82 Å². The Hall–Kier alpha value is -0.460. The van der Waals surface area contributed by atoms with Crippen molar-refractivity contribution in [1.29, 1.82) is 0 Å². The quantitative estimate of drug-likeness (QED) is 0.738. The lowest BCUT2D eigenvalue weighted by molar-refractivity contribution is 0.00499. The summed E-state index contributed by atoms with van der Waals surface area (Å²) in [6.07, 6.45) is 0. The maximum Gasteiger partial charge on any atom is 0.257 e. The van der Waals surface area contributed by atoms with E-state index in [9.17, 15) is 9.18 Å². The monoisotopic (exact) mass is 379 g/mol. The van der Waals surface area contributed by atoms with Crippen molar-refractivity contribution in [2.75, 3.05) is 25.1 Å². The summed E-state index contributed by atoms with van der Waals surface area (Å²) in [5.41, 5.74) is 0.0947. The van der Waals surface area contributed by atoms with Gasteiger partial charge in [-0.25, -0.2) is 4.39 Å². The number of rotatable bonds is 2. The van der Waals surface area contributed by atoms with Gasteiger partial charge in [0.05, 0.1) is 29.3 Å². The standard InChI is InChI=1S/C12H12Br2FNO2/c13-6-8-7-18-5-4-16(8)12(17)9-2-1-3-10(14)11(9)15/h1-3,8H,4-7H2. The first-order valence-corrected chi connectivity index (χ1v) is 7.45. The molecule has 0 saturated carbocycles. The summed E-state index contributed by atoms with van der Waals surface area (Å²) in [6, 6.07) is 4.69. The van der Waals surface area contributed by atoms with E-state index < -0.39 is 5.82 Å². The van der Waals surface area contributed by atoms with Crippen LogP contribution in [0.15, 0.2) is 22.7 Å². The van der Waals surface area contributed by atoms with Crippen LogP contribution in [0, 0.1) is 5.82 Å². The van der Waals surface area contributed by atoms with Crippen LogP contribution >= 0.6 is 31.9 Å². The van der Waals surface area contributed by atoms with Crippen molar-refractivity contribution < 1.29 is 13.9 Å². The minimum absolute atomic E-state index is 0.0513. The summed E-state index contributed by atoms with van der Waals surface area (Å²) < 4.78 is 19.5. The summed E-state index contributed by atoms with van der Waals surface area (Å²) >= 11 is 6.44. The predicted octanol–water partition coefficient (Wildman–Crippen LogP) is 2.82. The molecule has 1 saturated heterocycles. The molecule has 1 aromatic carbocycles. The fourth-order valence-electron chi connectivity index (χ4n) is 1.87. The molecule has 0 aliphatic carbocycles. The number of carbonyl (C=O) groups excluding carboxylic acids is 1. The SMILES string of the molecule is O=C(c1cccc(Br)c1F)N1CCOCC1CBr. The van der Waals surface area contributed by atoms with Crippen LogP contribution in [-0.4, -0.2) is 41.9 Å². The lowest BCUT2D eigenvalue weighted by atomic mass is 10.1. The van der Waals surface area contributed by atoms with Crippen LogP contribution in [0.1, 0.15) is 10.4 Å². The minimum Gasteiger partial charge on any atom is -0.377 e. The molecule has 1 aliphatic heterocycles. The number of carbonyl (C=O) groups is 1. The van der Waals surface area contributed by atoms with Gasteiger partial charge in [-0.2, -0.15) is 0 Å². The first-order valence-electron chi connectivity index (χ1n) is 5.54. The smallest absolute Gasteiger partial charge is 0.257 e. The van der Waals surface area contributed by atoms with Crippen LogP contribution in [0.2, 0.25) is 0 Å². The second kappa shape index (κ2) is 6.12. The van der Waals surface area contributed by atoms with E-state index in [4.69, 9.17) is 4.74 Å². The number of ether oxygens (including phenoxy) is 1. The molecule has 0 radical (unpaired) electrons. The lowest BCUT2D eigenvalue weighted by Gasteiger charge is -2.34. The van der Waals surface area contributed by atoms with Gasteiger partial charge in [-0.05, 0) is 28.1 Å². The number of morpholine rings is 1. The first-order chi connectivity index (χ1) is 8.65. The number of amides is 1. The van der Waals surface area contributed by atoms with Crippen LogP contribution in [0.5, 0.6) is 0 Å². The second-order valence-corrected chi connectivity index (χ2v) is 5.48. The molecule has 1 atom stereocenters. The fraction of sp³-hybridized carbons (Fsp3) is 0.417. The van der Waals surface area contributed by atoms with E-state index in [0.717, 1.165) is 0 Å². The van der Waals surface area contributed by atoms with Crippen molar-refractivity contribution in [2.45, 2.75) is 6.04 Å². The number of hydrogen-bond donors (Lipinski definition) is 0. The Bertz CT molecular complexity index is 456. The number of benzene rings is 1. The van der Waals surface area contributed by atoms with Gasteiger partial charge in [0.2, 0.25) is 0 Å². The Labute approximate surface area is 122 Å². The van der Waals surface area contributed by atoms with Gasteiger partial charge in [0.25, 0.3) is 5.91 Å². The average molecular weight is 381 g/mol. The van der Waals surface area contributed by atoms with Crippen molar-refractivity contribution in [2.24, 2.45) is 0 Å². The molecular formula is C12H12Br2FNO2. The molecular weight excluding hydrogens is 369 g/mol. The normalized spacial score (nSPS) is 19.9. The van der Waals surface area contributed by atoms with Gasteiger partial charge in [-0.1, -0.05) is 22.0 Å². The van der Waals surface area contributed by atoms with Gasteiger partial charge in [-0.3, -0.25) is 4.79 Å². The zero-order chi connectivity index (χ0) is 13.1. The van der Waals surface area contributed by atoms with E-state index in [2.05, 4.69) is 31.9 Å². The van der Waals surface area contributed by atoms with E-state index in [1.807, 2.05) is 0 Å². The highest BCUT2D eigenvalue weighted by Gasteiger charge is 2.29. The molecule has 0 bridgehead atoms. The molecule has 1 fully saturated rings. The summed E-state index contributed by atoms with van der Waals surface area (Å²) in [7, 11) is 0. The van der Waals surface area contributed by atoms with Gasteiger partial charge < -0.3 is 9.64 Å². The third-order valence-corrected chi connectivity index (χ3v) is 4.21. The summed E-state index contributed by atoms with van der Waals surface area (Å²) in [5.74, 6) is -0.802. The summed E-state index contributed by atoms with van der Waals surface area (Å²) in [4.78, 5) is 14.0. The Morgan fingerprint density at radius 3 is 3.06 bits per heavy atom. The van der Waals surface area contributed by atoms with E-state index in [-0.39, 0.29) is 17.5 Å². The van der Waals surface area contributed by atoms with E-state index >= 15 is 0 Å². The Balaban J connectivity index is 2.27. The molecule has 1 heterocycles. The van der Waals surface area contributed by atoms with Gasteiger partial charge in [0, 0.05) is 11.9 Å². The average Bonchev–Trinajstić information content (AvgIpc) is 2.41. The van der Waals surface area contributed by atoms with Gasteiger partial charge >= 0.3 is 0 Å². The molecule has 2 rings (SSSR count). The van der Waals surface area contributed by atoms with Crippen molar-refractivity contribution in [3.05, 3.63) is 34.1 Å². The first kappa shape index (κ1) is 14.0. The van der Waals surface area contributed by atoms with E-state index in [0.29, 0.717) is 29.6 Å². The maximum atomic E-state index is 13.9. The number of hydrogen-bond acceptors (Lipinski definition) is 2. The maximum absolute atomic E-state index is 13.9. The van der Waals surface area contributed by atoms with Crippen molar-refractivity contribution in [1.82, 2.24) is 4.90 Å². The highest BCUT2D eigenvalue weighted by atomic mass is 79.9. The Morgan fingerprint density at radius 2 is 2.33 bits per heavy atom. The van der Waals surface area contributed by atoms with Crippen molar-refractivity contribution in [3.8, 4) is 0 Å². The zero-order valence-corrected chi connectivity index (χ0v) is 12.7. The number of alkyl halides is 1. The fourth-order valence-corrected chi connectivity index (χ4v) is 2.78. The minimum atomic E-state index is -0.512. The summed E-state index contributed by atoms with van der Waals surface area (Å²) in [5, 5.41) is 0.619. The van der Waals surface area contributed by atoms with Crippen LogP contribution in [0.4, 0.5) is 4.39 Å². The molecule has 3 nitrogen and oxygen atoms in total. The Morgan fingerprint density at radius 1 is 1.56 bits per heavy atom. The number of nitrogens with zero attached hydrogens (tertiary/aromatic N) is 1. The molecule has 0 spiro atoms. The molecule has 1 unspecified atom stereocenters. The van der Waals surface area contributed by atoms with Gasteiger partial charge in [0.15, 0.2) is 0 Å². The highest BCUT2D eigenvalue weighted by molar-refractivity contribution is 9.10. The molecule has 1 aromatic rings. The Kier molecular flexibility index (Phi) is 4.75. The van der Waals surface area contributed by atoms with Crippen LogP contribution < -0.4 is 0 Å². The second-order valence-electron chi connectivity index (χ2n) is 3.98. The third-order valence-electron chi connectivity index (χ3n) is 2.85.